The van der Waals surface area contributed by atoms with Crippen molar-refractivity contribution in [2.75, 3.05) is 45.0 Å². The van der Waals surface area contributed by atoms with Crippen LogP contribution in [0, 0.1) is 0 Å². The number of amides is 2. The summed E-state index contributed by atoms with van der Waals surface area (Å²) in [4.78, 5) is 34.2. The molecule has 0 saturated carbocycles. The molecule has 0 fully saturated rings. The maximum Gasteiger partial charge on any atom is 0.250 e. The number of benzene rings is 1. The predicted molar refractivity (Wildman–Crippen MR) is 114 cm³/mol. The lowest BCUT2D eigenvalue weighted by Crippen LogP contribution is -2.27. The largest absolute Gasteiger partial charge is 0.379 e. The van der Waals surface area contributed by atoms with Crippen molar-refractivity contribution in [1.29, 1.82) is 0 Å². The predicted octanol–water partition coefficient (Wildman–Crippen LogP) is 1.88. The Balaban J connectivity index is 2.14. The van der Waals surface area contributed by atoms with E-state index in [1.165, 1.54) is 0 Å². The van der Waals surface area contributed by atoms with Gasteiger partial charge in [0.2, 0.25) is 11.8 Å². The van der Waals surface area contributed by atoms with Crippen molar-refractivity contribution in [3.05, 3.63) is 29.8 Å². The van der Waals surface area contributed by atoms with Crippen LogP contribution < -0.4 is 10.6 Å². The zero-order valence-electron chi connectivity index (χ0n) is 16.9. The Hall–Kier alpha value is -1.86. The molecule has 1 rings (SSSR count). The standard InChI is InChI=1S/C20H31N2O6P/c1-2-3-4-9-26-10-11-27-13-18(23)21-12-16-5-7-17(8-6-16)22-19(24)14-28-15-20(25)29/h5-8H,2-4,9-15,29H2,1H3,(H,21,23)(H,22,24). The van der Waals surface area contributed by atoms with Gasteiger partial charge in [0.05, 0.1) is 13.2 Å². The summed E-state index contributed by atoms with van der Waals surface area (Å²) >= 11 is 0. The van der Waals surface area contributed by atoms with Gasteiger partial charge in [-0.3, -0.25) is 14.4 Å². The molecule has 0 saturated heterocycles. The molecule has 29 heavy (non-hydrogen) atoms. The molecule has 0 radical (unpaired) electrons. The molecule has 162 valence electrons. The van der Waals surface area contributed by atoms with Gasteiger partial charge in [-0.2, -0.15) is 0 Å². The number of unbranched alkanes of at least 4 members (excludes halogenated alkanes) is 2. The third kappa shape index (κ3) is 13.9. The van der Waals surface area contributed by atoms with Gasteiger partial charge < -0.3 is 24.8 Å². The van der Waals surface area contributed by atoms with Gasteiger partial charge in [0.1, 0.15) is 19.8 Å². The van der Waals surface area contributed by atoms with Crippen LogP contribution in [0.3, 0.4) is 0 Å². The number of nitrogens with one attached hydrogen (secondary N) is 2. The van der Waals surface area contributed by atoms with Crippen molar-refractivity contribution < 1.29 is 28.6 Å². The first-order chi connectivity index (χ1) is 14.0. The fourth-order valence-corrected chi connectivity index (χ4v) is 2.36. The molecule has 0 aromatic heterocycles. The van der Waals surface area contributed by atoms with Crippen molar-refractivity contribution in [2.45, 2.75) is 32.7 Å². The summed E-state index contributed by atoms with van der Waals surface area (Å²) in [5, 5.41) is 5.43. The molecule has 9 heteroatoms. The van der Waals surface area contributed by atoms with E-state index < -0.39 is 0 Å². The van der Waals surface area contributed by atoms with Gasteiger partial charge in [0.25, 0.3) is 0 Å². The van der Waals surface area contributed by atoms with Crippen LogP contribution in [-0.4, -0.2) is 57.0 Å². The highest BCUT2D eigenvalue weighted by atomic mass is 31.0. The number of anilines is 1. The SMILES string of the molecule is CCCCCOCCOCC(=O)NCc1ccc(NC(=O)COCC(=O)P)cc1. The van der Waals surface area contributed by atoms with E-state index in [9.17, 15) is 14.4 Å². The van der Waals surface area contributed by atoms with Crippen LogP contribution in [0.2, 0.25) is 0 Å². The fraction of sp³-hybridized carbons (Fsp3) is 0.550. The lowest BCUT2D eigenvalue weighted by Gasteiger charge is -2.09. The van der Waals surface area contributed by atoms with E-state index in [0.29, 0.717) is 25.4 Å². The Morgan fingerprint density at radius 3 is 2.24 bits per heavy atom. The van der Waals surface area contributed by atoms with Crippen molar-refractivity contribution in [2.24, 2.45) is 0 Å². The molecule has 0 aliphatic rings. The topological polar surface area (TPSA) is 103 Å². The molecular formula is C20H31N2O6P. The summed E-state index contributed by atoms with van der Waals surface area (Å²) in [7, 11) is 1.98. The Bertz CT molecular complexity index is 624. The van der Waals surface area contributed by atoms with Crippen molar-refractivity contribution in [3.63, 3.8) is 0 Å². The maximum absolute atomic E-state index is 11.8. The Morgan fingerprint density at radius 1 is 0.862 bits per heavy atom. The third-order valence-corrected chi connectivity index (χ3v) is 3.87. The van der Waals surface area contributed by atoms with Crippen LogP contribution >= 0.6 is 9.24 Å². The van der Waals surface area contributed by atoms with Gasteiger partial charge in [-0.15, -0.1) is 0 Å². The number of ether oxygens (including phenoxy) is 3. The first-order valence-electron chi connectivity index (χ1n) is 9.68. The maximum atomic E-state index is 11.8. The van der Waals surface area contributed by atoms with Gasteiger partial charge in [-0.05, 0) is 24.1 Å². The molecule has 0 heterocycles. The molecule has 2 amide bonds. The summed E-state index contributed by atoms with van der Waals surface area (Å²) in [6.07, 6.45) is 3.37. The highest BCUT2D eigenvalue weighted by molar-refractivity contribution is 7.40. The smallest absolute Gasteiger partial charge is 0.250 e. The van der Waals surface area contributed by atoms with Gasteiger partial charge in [-0.25, -0.2) is 0 Å². The second-order valence-corrected chi connectivity index (χ2v) is 7.00. The summed E-state index contributed by atoms with van der Waals surface area (Å²) < 4.78 is 15.6. The monoisotopic (exact) mass is 426 g/mol. The molecule has 0 bridgehead atoms. The normalized spacial score (nSPS) is 10.6. The Labute approximate surface area is 174 Å². The van der Waals surface area contributed by atoms with Gasteiger partial charge in [0.15, 0.2) is 5.52 Å². The van der Waals surface area contributed by atoms with Crippen LogP contribution in [0.1, 0.15) is 31.7 Å². The molecule has 1 aromatic rings. The summed E-state index contributed by atoms with van der Waals surface area (Å²) in [6.45, 7) is 3.79. The Morgan fingerprint density at radius 2 is 1.55 bits per heavy atom. The number of carbonyl (C=O) groups is 3. The lowest BCUT2D eigenvalue weighted by molar-refractivity contribution is -0.126. The average molecular weight is 426 g/mol. The third-order valence-electron chi connectivity index (χ3n) is 3.70. The zero-order chi connectivity index (χ0) is 21.3. The summed E-state index contributed by atoms with van der Waals surface area (Å²) in [5.41, 5.74) is 1.28. The quantitative estimate of drug-likeness (QED) is 0.309. The van der Waals surface area contributed by atoms with Crippen molar-refractivity contribution in [3.8, 4) is 0 Å². The molecule has 8 nitrogen and oxygen atoms in total. The fourth-order valence-electron chi connectivity index (χ4n) is 2.24. The van der Waals surface area contributed by atoms with Crippen LogP contribution in [0.15, 0.2) is 24.3 Å². The number of rotatable bonds is 16. The minimum absolute atomic E-state index is 0.00870. The van der Waals surface area contributed by atoms with E-state index in [4.69, 9.17) is 14.2 Å². The van der Waals surface area contributed by atoms with E-state index >= 15 is 0 Å². The zero-order valence-corrected chi connectivity index (χ0v) is 18.1. The summed E-state index contributed by atoms with van der Waals surface area (Å²) in [6, 6.07) is 7.06. The molecule has 0 aliphatic carbocycles. The van der Waals surface area contributed by atoms with E-state index in [2.05, 4.69) is 17.6 Å². The molecule has 1 aromatic carbocycles. The first kappa shape index (κ1) is 25.2. The molecule has 1 unspecified atom stereocenters. The van der Waals surface area contributed by atoms with Crippen molar-refractivity contribution in [1.82, 2.24) is 5.32 Å². The highest BCUT2D eigenvalue weighted by Crippen LogP contribution is 2.09. The minimum atomic E-state index is -0.344. The summed E-state index contributed by atoms with van der Waals surface area (Å²) in [5.74, 6) is -0.544. The Kier molecular flexibility index (Phi) is 13.9. The van der Waals surface area contributed by atoms with Crippen LogP contribution in [-0.2, 0) is 35.1 Å². The van der Waals surface area contributed by atoms with E-state index in [1.54, 1.807) is 24.3 Å². The van der Waals surface area contributed by atoms with Crippen LogP contribution in [0.5, 0.6) is 0 Å². The molecule has 1 atom stereocenters. The van der Waals surface area contributed by atoms with Crippen LogP contribution in [0.4, 0.5) is 5.69 Å². The lowest BCUT2D eigenvalue weighted by atomic mass is 10.2. The number of hydrogen-bond donors (Lipinski definition) is 2. The minimum Gasteiger partial charge on any atom is -0.379 e. The van der Waals surface area contributed by atoms with Gasteiger partial charge in [0, 0.05) is 18.8 Å². The second-order valence-electron chi connectivity index (χ2n) is 6.35. The van der Waals surface area contributed by atoms with Crippen LogP contribution in [0.25, 0.3) is 0 Å². The first-order valence-corrected chi connectivity index (χ1v) is 10.3. The molecule has 0 aliphatic heterocycles. The molecule has 2 N–H and O–H groups in total. The van der Waals surface area contributed by atoms with E-state index in [0.717, 1.165) is 31.4 Å². The van der Waals surface area contributed by atoms with Gasteiger partial charge in [-0.1, -0.05) is 41.1 Å². The van der Waals surface area contributed by atoms with Gasteiger partial charge >= 0.3 is 0 Å². The highest BCUT2D eigenvalue weighted by Gasteiger charge is 2.05. The number of carbonyl (C=O) groups excluding carboxylic acids is 3. The molecule has 0 spiro atoms. The number of hydrogen-bond acceptors (Lipinski definition) is 6. The van der Waals surface area contributed by atoms with E-state index in [1.807, 2.05) is 9.24 Å². The average Bonchev–Trinajstić information content (AvgIpc) is 2.69. The van der Waals surface area contributed by atoms with Crippen molar-refractivity contribution >= 4 is 32.3 Å². The second kappa shape index (κ2) is 16.0. The molecular weight excluding hydrogens is 395 g/mol. The van der Waals surface area contributed by atoms with E-state index in [-0.39, 0.29) is 37.2 Å².